The number of hydrogen-bond donors (Lipinski definition) is 2. The largest absolute Gasteiger partial charge is 0.550 e. The summed E-state index contributed by atoms with van der Waals surface area (Å²) >= 11 is 0. The van der Waals surface area contributed by atoms with E-state index < -0.39 is 11.9 Å². The van der Waals surface area contributed by atoms with Crippen LogP contribution in [0, 0.1) is 5.92 Å². The van der Waals surface area contributed by atoms with E-state index in [1.54, 1.807) is 0 Å². The summed E-state index contributed by atoms with van der Waals surface area (Å²) in [6, 6.07) is 0. The highest BCUT2D eigenvalue weighted by Crippen LogP contribution is 2.27. The number of carboxylic acid groups (broad SMARTS) is 2. The second kappa shape index (κ2) is 7.96. The number of quaternary nitrogens is 2. The lowest BCUT2D eigenvalue weighted by Gasteiger charge is -1.90. The molecule has 0 radical (unpaired) electrons. The van der Waals surface area contributed by atoms with Crippen molar-refractivity contribution in [3.05, 3.63) is 0 Å². The molecular weight excluding hydrogens is 164 g/mol. The van der Waals surface area contributed by atoms with Gasteiger partial charge in [-0.2, -0.15) is 0 Å². The Kier molecular flexibility index (Phi) is 11.3. The Balaban J connectivity index is -0.000000124. The number of hydrogen-bond acceptors (Lipinski definition) is 4. The summed E-state index contributed by atoms with van der Waals surface area (Å²) in [6.45, 7) is 0.972. The van der Waals surface area contributed by atoms with Crippen LogP contribution in [0.2, 0.25) is 0 Å². The monoisotopic (exact) mass is 180 g/mol. The normalized spacial score (nSPS) is 12.4. The van der Waals surface area contributed by atoms with E-state index in [1.807, 2.05) is 0 Å². The lowest BCUT2D eigenvalue weighted by atomic mass is 10.5. The van der Waals surface area contributed by atoms with E-state index in [9.17, 15) is 9.90 Å². The van der Waals surface area contributed by atoms with Gasteiger partial charge in [0.15, 0.2) is 0 Å². The van der Waals surface area contributed by atoms with E-state index in [2.05, 4.69) is 0 Å². The molecule has 0 bridgehead atoms. The third kappa shape index (κ3) is 15.9. The Morgan fingerprint density at radius 2 is 1.42 bits per heavy atom. The molecule has 8 N–H and O–H groups in total. The lowest BCUT2D eigenvalue weighted by Crippen LogP contribution is -2.23. The summed E-state index contributed by atoms with van der Waals surface area (Å²) in [5.41, 5.74) is 0. The van der Waals surface area contributed by atoms with Gasteiger partial charge in [-0.1, -0.05) is 0 Å². The molecule has 1 aliphatic rings. The number of rotatable bonds is 1. The second-order valence-corrected chi connectivity index (χ2v) is 2.08. The topological polar surface area (TPSA) is 153 Å². The molecule has 12 heavy (non-hydrogen) atoms. The Morgan fingerprint density at radius 3 is 1.42 bits per heavy atom. The Labute approximate surface area is 70.7 Å². The first-order valence-electron chi connectivity index (χ1n) is 2.92. The first-order chi connectivity index (χ1) is 4.54. The minimum Gasteiger partial charge on any atom is -0.550 e. The fourth-order valence-corrected chi connectivity index (χ4v) is 0.319. The summed E-state index contributed by atoms with van der Waals surface area (Å²) in [6.07, 6.45) is 1.67. The van der Waals surface area contributed by atoms with Crippen molar-refractivity contribution >= 4 is 11.9 Å². The number of carbonyl (C=O) groups excluding carboxylic acids is 2. The van der Waals surface area contributed by atoms with Gasteiger partial charge in [-0.15, -0.1) is 0 Å². The van der Waals surface area contributed by atoms with Crippen LogP contribution in [0.5, 0.6) is 0 Å². The fraction of sp³-hybridized carbons (Fsp3) is 0.667. The maximum absolute atomic E-state index is 9.65. The van der Waals surface area contributed by atoms with Crippen LogP contribution < -0.4 is 22.5 Å². The van der Waals surface area contributed by atoms with E-state index in [-0.39, 0.29) is 18.2 Å². The average Bonchev–Trinajstić information content (AvgIpc) is 2.38. The summed E-state index contributed by atoms with van der Waals surface area (Å²) in [7, 11) is 0. The van der Waals surface area contributed by atoms with Gasteiger partial charge < -0.3 is 32.1 Å². The molecule has 0 aromatic heterocycles. The van der Waals surface area contributed by atoms with Crippen molar-refractivity contribution in [3.8, 4) is 0 Å². The fourth-order valence-electron chi connectivity index (χ4n) is 0.319. The Bertz CT molecular complexity index is 140. The highest BCUT2D eigenvalue weighted by Gasteiger charge is 2.21. The SMILES string of the molecule is CC(=O)[O-].O=C([O-])C1CC1.[NH4+].[NH4+]. The zero-order chi connectivity index (χ0) is 8.15. The quantitative estimate of drug-likeness (QED) is 0.512. The highest BCUT2D eigenvalue weighted by atomic mass is 16.4. The van der Waals surface area contributed by atoms with E-state index in [0.717, 1.165) is 19.8 Å². The number of aliphatic carboxylic acids is 2. The molecule has 74 valence electrons. The summed E-state index contributed by atoms with van der Waals surface area (Å²) in [5.74, 6) is -2.06. The van der Waals surface area contributed by atoms with Crippen LogP contribution in [0.4, 0.5) is 0 Å². The summed E-state index contributed by atoms with van der Waals surface area (Å²) < 4.78 is 0. The van der Waals surface area contributed by atoms with Crippen LogP contribution >= 0.6 is 0 Å². The van der Waals surface area contributed by atoms with E-state index >= 15 is 0 Å². The molecule has 0 aromatic rings. The summed E-state index contributed by atoms with van der Waals surface area (Å²) in [4.78, 5) is 18.5. The lowest BCUT2D eigenvalue weighted by molar-refractivity contribution is -0.308. The maximum atomic E-state index is 9.65. The third-order valence-corrected chi connectivity index (χ3v) is 0.911. The van der Waals surface area contributed by atoms with Crippen LogP contribution in [0.15, 0.2) is 0 Å². The second-order valence-electron chi connectivity index (χ2n) is 2.08. The van der Waals surface area contributed by atoms with Crippen LogP contribution in [0.3, 0.4) is 0 Å². The smallest absolute Gasteiger partial charge is 0.0445 e. The van der Waals surface area contributed by atoms with Gasteiger partial charge in [-0.3, -0.25) is 0 Å². The molecule has 0 aromatic carbocycles. The molecule has 0 spiro atoms. The standard InChI is InChI=1S/C4H6O2.C2H4O2.2H3N/c5-4(6)3-1-2-3;1-2(3)4;;/h3H,1-2H2,(H,5,6);1H3,(H,3,4);2*1H3. The predicted molar refractivity (Wildman–Crippen MR) is 40.4 cm³/mol. The molecule has 6 heteroatoms. The molecule has 6 nitrogen and oxygen atoms in total. The predicted octanol–water partition coefficient (Wildman–Crippen LogP) is -1.35. The van der Waals surface area contributed by atoms with Gasteiger partial charge in [-0.25, -0.2) is 0 Å². The molecule has 0 saturated heterocycles. The Hall–Kier alpha value is -1.14. The van der Waals surface area contributed by atoms with Gasteiger partial charge in [0.1, 0.15) is 0 Å². The molecule has 0 aliphatic heterocycles. The summed E-state index contributed by atoms with van der Waals surface area (Å²) in [5, 5.41) is 18.5. The number of carboxylic acids is 2. The van der Waals surface area contributed by atoms with Gasteiger partial charge >= 0.3 is 0 Å². The first-order valence-corrected chi connectivity index (χ1v) is 2.92. The van der Waals surface area contributed by atoms with Crippen LogP contribution in [-0.2, 0) is 9.59 Å². The van der Waals surface area contributed by atoms with E-state index in [0.29, 0.717) is 0 Å². The van der Waals surface area contributed by atoms with Crippen molar-refractivity contribution in [1.29, 1.82) is 0 Å². The number of carbonyl (C=O) groups is 2. The highest BCUT2D eigenvalue weighted by molar-refractivity contribution is 5.70. The third-order valence-electron chi connectivity index (χ3n) is 0.911. The molecule has 0 heterocycles. The van der Waals surface area contributed by atoms with Gasteiger partial charge in [-0.05, 0) is 25.7 Å². The van der Waals surface area contributed by atoms with E-state index in [1.165, 1.54) is 0 Å². The maximum Gasteiger partial charge on any atom is 0.0445 e. The molecule has 1 aliphatic carbocycles. The Morgan fingerprint density at radius 1 is 1.17 bits per heavy atom. The zero-order valence-corrected chi connectivity index (χ0v) is 7.62. The molecule has 1 rings (SSSR count). The zero-order valence-electron chi connectivity index (χ0n) is 7.62. The van der Waals surface area contributed by atoms with Gasteiger partial charge in [0, 0.05) is 11.9 Å². The molecule has 0 atom stereocenters. The minimum absolute atomic E-state index is 0. The minimum atomic E-state index is -1.08. The molecule has 1 fully saturated rings. The average molecular weight is 180 g/mol. The van der Waals surface area contributed by atoms with Gasteiger partial charge in [0.2, 0.25) is 0 Å². The van der Waals surface area contributed by atoms with E-state index in [4.69, 9.17) is 9.90 Å². The van der Waals surface area contributed by atoms with Crippen LogP contribution in [0.25, 0.3) is 0 Å². The van der Waals surface area contributed by atoms with Crippen LogP contribution in [-0.4, -0.2) is 11.9 Å². The van der Waals surface area contributed by atoms with Gasteiger partial charge in [0.25, 0.3) is 0 Å². The van der Waals surface area contributed by atoms with Gasteiger partial charge in [0.05, 0.1) is 0 Å². The van der Waals surface area contributed by atoms with Crippen molar-refractivity contribution < 1.29 is 19.8 Å². The molecule has 1 saturated carbocycles. The molecule has 0 unspecified atom stereocenters. The van der Waals surface area contributed by atoms with Crippen molar-refractivity contribution in [1.82, 2.24) is 12.3 Å². The van der Waals surface area contributed by atoms with Crippen molar-refractivity contribution in [3.63, 3.8) is 0 Å². The molecular formula is C6H16N2O4. The van der Waals surface area contributed by atoms with Crippen molar-refractivity contribution in [2.45, 2.75) is 19.8 Å². The van der Waals surface area contributed by atoms with Crippen molar-refractivity contribution in [2.24, 2.45) is 5.92 Å². The molecule has 0 amide bonds. The van der Waals surface area contributed by atoms with Crippen molar-refractivity contribution in [2.75, 3.05) is 0 Å². The first kappa shape index (κ1) is 17.1. The van der Waals surface area contributed by atoms with Crippen LogP contribution in [0.1, 0.15) is 19.8 Å².